The van der Waals surface area contributed by atoms with Crippen LogP contribution < -0.4 is 5.32 Å². The van der Waals surface area contributed by atoms with Gasteiger partial charge in [0.15, 0.2) is 0 Å². The smallest absolute Gasteiger partial charge is 0.0469 e. The van der Waals surface area contributed by atoms with Crippen molar-refractivity contribution in [2.75, 3.05) is 39.4 Å². The van der Waals surface area contributed by atoms with E-state index in [0.717, 1.165) is 31.1 Å². The Labute approximate surface area is 111 Å². The molecule has 3 aliphatic heterocycles. The minimum absolute atomic E-state index is 0.876. The standard InChI is InChI=1S/C15H28N2O/c1-3-14(11-16-7-1)15-4-2-8-17(15)12-13-5-9-18-10-6-13/h13-16H,1-12H2. The number of hydrogen-bond donors (Lipinski definition) is 1. The minimum atomic E-state index is 0.876. The zero-order valence-electron chi connectivity index (χ0n) is 11.6. The molecule has 3 aliphatic rings. The molecule has 2 atom stereocenters. The molecule has 0 bridgehead atoms. The lowest BCUT2D eigenvalue weighted by atomic mass is 9.89. The van der Waals surface area contributed by atoms with Gasteiger partial charge in [0.1, 0.15) is 0 Å². The molecular formula is C15H28N2O. The fourth-order valence-electron chi connectivity index (χ4n) is 4.08. The lowest BCUT2D eigenvalue weighted by molar-refractivity contribution is 0.0449. The van der Waals surface area contributed by atoms with Crippen LogP contribution in [0.25, 0.3) is 0 Å². The number of rotatable bonds is 3. The lowest BCUT2D eigenvalue weighted by Crippen LogP contribution is -2.45. The van der Waals surface area contributed by atoms with E-state index in [2.05, 4.69) is 10.2 Å². The Bertz CT molecular complexity index is 247. The molecule has 0 saturated carbocycles. The molecule has 0 radical (unpaired) electrons. The lowest BCUT2D eigenvalue weighted by Gasteiger charge is -2.36. The Kier molecular flexibility index (Phi) is 4.55. The summed E-state index contributed by atoms with van der Waals surface area (Å²) in [5.74, 6) is 1.82. The predicted molar refractivity (Wildman–Crippen MR) is 73.7 cm³/mol. The second kappa shape index (κ2) is 6.36. The normalized spacial score (nSPS) is 36.0. The van der Waals surface area contributed by atoms with E-state index in [1.54, 1.807) is 0 Å². The van der Waals surface area contributed by atoms with Crippen molar-refractivity contribution in [2.24, 2.45) is 11.8 Å². The molecule has 0 aromatic carbocycles. The zero-order chi connectivity index (χ0) is 12.2. The van der Waals surface area contributed by atoms with Gasteiger partial charge >= 0.3 is 0 Å². The summed E-state index contributed by atoms with van der Waals surface area (Å²) < 4.78 is 5.48. The quantitative estimate of drug-likeness (QED) is 0.830. The summed E-state index contributed by atoms with van der Waals surface area (Å²) in [6, 6.07) is 0.876. The Hall–Kier alpha value is -0.120. The van der Waals surface area contributed by atoms with Crippen LogP contribution in [0, 0.1) is 11.8 Å². The maximum atomic E-state index is 5.48. The summed E-state index contributed by atoms with van der Waals surface area (Å²) in [5.41, 5.74) is 0. The molecule has 3 rings (SSSR count). The first kappa shape index (κ1) is 12.9. The molecule has 18 heavy (non-hydrogen) atoms. The molecule has 3 fully saturated rings. The highest BCUT2D eigenvalue weighted by atomic mass is 16.5. The van der Waals surface area contributed by atoms with Crippen LogP contribution in [0.1, 0.15) is 38.5 Å². The summed E-state index contributed by atoms with van der Waals surface area (Å²) in [4.78, 5) is 2.81. The number of hydrogen-bond acceptors (Lipinski definition) is 3. The highest BCUT2D eigenvalue weighted by Crippen LogP contribution is 2.30. The van der Waals surface area contributed by atoms with Crippen LogP contribution in [-0.4, -0.2) is 50.3 Å². The van der Waals surface area contributed by atoms with Gasteiger partial charge in [0, 0.05) is 25.8 Å². The maximum Gasteiger partial charge on any atom is 0.0469 e. The molecule has 3 saturated heterocycles. The third-order valence-electron chi connectivity index (χ3n) is 5.13. The number of nitrogens with one attached hydrogen (secondary N) is 1. The molecule has 1 N–H and O–H groups in total. The van der Waals surface area contributed by atoms with Crippen molar-refractivity contribution in [3.05, 3.63) is 0 Å². The van der Waals surface area contributed by atoms with Crippen LogP contribution in [0.4, 0.5) is 0 Å². The molecule has 0 aromatic heterocycles. The molecule has 0 aromatic rings. The summed E-state index contributed by atoms with van der Waals surface area (Å²) in [7, 11) is 0. The molecule has 3 heterocycles. The average Bonchev–Trinajstić information content (AvgIpc) is 2.89. The summed E-state index contributed by atoms with van der Waals surface area (Å²) >= 11 is 0. The van der Waals surface area contributed by atoms with Crippen molar-refractivity contribution in [3.63, 3.8) is 0 Å². The fraction of sp³-hybridized carbons (Fsp3) is 1.00. The number of likely N-dealkylation sites (tertiary alicyclic amines) is 1. The first-order valence-corrected chi connectivity index (χ1v) is 7.96. The van der Waals surface area contributed by atoms with Gasteiger partial charge in [0.2, 0.25) is 0 Å². The molecule has 0 spiro atoms. The van der Waals surface area contributed by atoms with Crippen LogP contribution in [0.15, 0.2) is 0 Å². The second-order valence-electron chi connectivity index (χ2n) is 6.37. The Balaban J connectivity index is 1.53. The van der Waals surface area contributed by atoms with Crippen molar-refractivity contribution < 1.29 is 4.74 Å². The van der Waals surface area contributed by atoms with Crippen molar-refractivity contribution >= 4 is 0 Å². The maximum absolute atomic E-state index is 5.48. The van der Waals surface area contributed by atoms with Crippen LogP contribution in [0.5, 0.6) is 0 Å². The van der Waals surface area contributed by atoms with Crippen molar-refractivity contribution in [1.29, 1.82) is 0 Å². The SMILES string of the molecule is C1CNCC(C2CCCN2CC2CCOCC2)C1. The fourth-order valence-corrected chi connectivity index (χ4v) is 4.08. The molecule has 3 nitrogen and oxygen atoms in total. The van der Waals surface area contributed by atoms with E-state index < -0.39 is 0 Å². The zero-order valence-corrected chi connectivity index (χ0v) is 11.6. The van der Waals surface area contributed by atoms with Gasteiger partial charge in [-0.1, -0.05) is 0 Å². The van der Waals surface area contributed by atoms with E-state index in [9.17, 15) is 0 Å². The predicted octanol–water partition coefficient (Wildman–Crippen LogP) is 1.88. The number of ether oxygens (including phenoxy) is 1. The first-order valence-electron chi connectivity index (χ1n) is 7.96. The van der Waals surface area contributed by atoms with Crippen LogP contribution in [0.2, 0.25) is 0 Å². The van der Waals surface area contributed by atoms with Gasteiger partial charge in [0.05, 0.1) is 0 Å². The van der Waals surface area contributed by atoms with Gasteiger partial charge < -0.3 is 10.1 Å². The van der Waals surface area contributed by atoms with Crippen molar-refractivity contribution in [2.45, 2.75) is 44.6 Å². The molecule has 2 unspecified atom stereocenters. The Morgan fingerprint density at radius 3 is 2.72 bits per heavy atom. The third kappa shape index (κ3) is 3.06. The monoisotopic (exact) mass is 252 g/mol. The first-order chi connectivity index (χ1) is 8.93. The van der Waals surface area contributed by atoms with E-state index in [1.807, 2.05) is 0 Å². The van der Waals surface area contributed by atoms with Crippen molar-refractivity contribution in [1.82, 2.24) is 10.2 Å². The van der Waals surface area contributed by atoms with Gasteiger partial charge in [0.25, 0.3) is 0 Å². The van der Waals surface area contributed by atoms with E-state index in [0.29, 0.717) is 0 Å². The van der Waals surface area contributed by atoms with Gasteiger partial charge in [-0.15, -0.1) is 0 Å². The average molecular weight is 252 g/mol. The molecule has 0 aliphatic carbocycles. The third-order valence-corrected chi connectivity index (χ3v) is 5.13. The van der Waals surface area contributed by atoms with Crippen LogP contribution in [0.3, 0.4) is 0 Å². The van der Waals surface area contributed by atoms with E-state index in [1.165, 1.54) is 64.7 Å². The van der Waals surface area contributed by atoms with Gasteiger partial charge in [-0.2, -0.15) is 0 Å². The highest BCUT2D eigenvalue weighted by Gasteiger charge is 2.33. The largest absolute Gasteiger partial charge is 0.381 e. The van der Waals surface area contributed by atoms with E-state index in [4.69, 9.17) is 4.74 Å². The van der Waals surface area contributed by atoms with Gasteiger partial charge in [-0.3, -0.25) is 4.90 Å². The molecule has 3 heteroatoms. The number of piperidine rings is 1. The highest BCUT2D eigenvalue weighted by molar-refractivity contribution is 4.89. The molecule has 0 amide bonds. The molecular weight excluding hydrogens is 224 g/mol. The molecule has 104 valence electrons. The van der Waals surface area contributed by atoms with Crippen LogP contribution >= 0.6 is 0 Å². The Morgan fingerprint density at radius 1 is 1.06 bits per heavy atom. The summed E-state index contributed by atoms with van der Waals surface area (Å²) in [5, 5.41) is 3.59. The van der Waals surface area contributed by atoms with Crippen molar-refractivity contribution in [3.8, 4) is 0 Å². The minimum Gasteiger partial charge on any atom is -0.381 e. The van der Waals surface area contributed by atoms with E-state index >= 15 is 0 Å². The number of nitrogens with zero attached hydrogens (tertiary/aromatic N) is 1. The van der Waals surface area contributed by atoms with Gasteiger partial charge in [-0.05, 0) is 70.0 Å². The Morgan fingerprint density at radius 2 is 1.94 bits per heavy atom. The summed E-state index contributed by atoms with van der Waals surface area (Å²) in [6.07, 6.45) is 8.26. The summed E-state index contributed by atoms with van der Waals surface area (Å²) in [6.45, 7) is 7.17. The van der Waals surface area contributed by atoms with E-state index in [-0.39, 0.29) is 0 Å². The van der Waals surface area contributed by atoms with Crippen LogP contribution in [-0.2, 0) is 4.74 Å². The topological polar surface area (TPSA) is 24.5 Å². The second-order valence-corrected chi connectivity index (χ2v) is 6.37. The van der Waals surface area contributed by atoms with Gasteiger partial charge in [-0.25, -0.2) is 0 Å².